The zero-order chi connectivity index (χ0) is 13.1. The summed E-state index contributed by atoms with van der Waals surface area (Å²) in [6, 6.07) is 9.01. The molecule has 0 aliphatic rings. The zero-order valence-electron chi connectivity index (χ0n) is 11.6. The number of hydrogen-bond acceptors (Lipinski definition) is 2. The number of aryl methyl sites for hydroxylation is 3. The minimum absolute atomic E-state index is 0.213. The van der Waals surface area contributed by atoms with Crippen LogP contribution in [-0.2, 0) is 13.5 Å². The van der Waals surface area contributed by atoms with Gasteiger partial charge >= 0.3 is 0 Å². The van der Waals surface area contributed by atoms with E-state index in [1.165, 1.54) is 16.7 Å². The molecule has 1 aromatic carbocycles. The van der Waals surface area contributed by atoms with Crippen molar-refractivity contribution in [1.82, 2.24) is 15.1 Å². The van der Waals surface area contributed by atoms with Crippen molar-refractivity contribution < 1.29 is 0 Å². The van der Waals surface area contributed by atoms with Gasteiger partial charge in [0, 0.05) is 18.8 Å². The molecular formula is C15H21N3. The van der Waals surface area contributed by atoms with Gasteiger partial charge in [-0.3, -0.25) is 4.68 Å². The minimum atomic E-state index is 0.213. The van der Waals surface area contributed by atoms with E-state index in [4.69, 9.17) is 0 Å². The third kappa shape index (κ3) is 2.46. The Labute approximate surface area is 109 Å². The molecule has 96 valence electrons. The third-order valence-corrected chi connectivity index (χ3v) is 3.37. The second-order valence-electron chi connectivity index (χ2n) is 4.66. The van der Waals surface area contributed by atoms with Crippen LogP contribution in [0.5, 0.6) is 0 Å². The van der Waals surface area contributed by atoms with Crippen molar-refractivity contribution in [3.63, 3.8) is 0 Å². The molecule has 3 heteroatoms. The molecule has 0 aliphatic carbocycles. The lowest BCUT2D eigenvalue weighted by Crippen LogP contribution is -2.18. The van der Waals surface area contributed by atoms with E-state index in [0.29, 0.717) is 0 Å². The Hall–Kier alpha value is -1.61. The van der Waals surface area contributed by atoms with E-state index in [1.807, 2.05) is 18.8 Å². The number of nitrogens with zero attached hydrogens (tertiary/aromatic N) is 2. The molecule has 1 aromatic heterocycles. The molecule has 2 aromatic rings. The van der Waals surface area contributed by atoms with Crippen molar-refractivity contribution >= 4 is 0 Å². The van der Waals surface area contributed by atoms with Crippen LogP contribution in [0.3, 0.4) is 0 Å². The first-order chi connectivity index (χ1) is 8.65. The summed E-state index contributed by atoms with van der Waals surface area (Å²) < 4.78 is 1.87. The minimum Gasteiger partial charge on any atom is -0.309 e. The number of hydrogen-bond donors (Lipinski definition) is 1. The molecule has 18 heavy (non-hydrogen) atoms. The highest BCUT2D eigenvalue weighted by Crippen LogP contribution is 2.24. The molecule has 0 amide bonds. The van der Waals surface area contributed by atoms with Crippen LogP contribution < -0.4 is 5.32 Å². The molecule has 0 bridgehead atoms. The molecule has 1 heterocycles. The standard InChI is InChI=1S/C15H21N3/c1-5-12-6-8-13(9-7-12)15(16-3)14-10-18(4)17-11(14)2/h6-10,15-16H,5H2,1-4H3. The highest BCUT2D eigenvalue weighted by molar-refractivity contribution is 5.34. The van der Waals surface area contributed by atoms with Crippen LogP contribution in [-0.4, -0.2) is 16.8 Å². The molecule has 1 unspecified atom stereocenters. The van der Waals surface area contributed by atoms with E-state index in [1.54, 1.807) is 0 Å². The van der Waals surface area contributed by atoms with Gasteiger partial charge in [0.15, 0.2) is 0 Å². The van der Waals surface area contributed by atoms with Gasteiger partial charge in [0.25, 0.3) is 0 Å². The number of rotatable bonds is 4. The first-order valence-corrected chi connectivity index (χ1v) is 6.42. The maximum Gasteiger partial charge on any atom is 0.0644 e. The van der Waals surface area contributed by atoms with E-state index >= 15 is 0 Å². The van der Waals surface area contributed by atoms with Gasteiger partial charge in [0.05, 0.1) is 11.7 Å². The van der Waals surface area contributed by atoms with Gasteiger partial charge in [-0.1, -0.05) is 31.2 Å². The van der Waals surface area contributed by atoms with Gasteiger partial charge in [0.2, 0.25) is 0 Å². The number of benzene rings is 1. The Morgan fingerprint density at radius 3 is 2.39 bits per heavy atom. The van der Waals surface area contributed by atoms with Crippen LogP contribution >= 0.6 is 0 Å². The Morgan fingerprint density at radius 2 is 1.94 bits per heavy atom. The first-order valence-electron chi connectivity index (χ1n) is 6.42. The summed E-state index contributed by atoms with van der Waals surface area (Å²) in [5.74, 6) is 0. The van der Waals surface area contributed by atoms with E-state index in [9.17, 15) is 0 Å². The molecule has 0 radical (unpaired) electrons. The zero-order valence-corrected chi connectivity index (χ0v) is 11.6. The van der Waals surface area contributed by atoms with E-state index in [2.05, 4.69) is 54.7 Å². The lowest BCUT2D eigenvalue weighted by Gasteiger charge is -2.16. The fourth-order valence-corrected chi connectivity index (χ4v) is 2.35. The Balaban J connectivity index is 2.35. The second-order valence-corrected chi connectivity index (χ2v) is 4.66. The molecule has 1 N–H and O–H groups in total. The molecule has 2 rings (SSSR count). The smallest absolute Gasteiger partial charge is 0.0644 e. The van der Waals surface area contributed by atoms with Gasteiger partial charge in [-0.2, -0.15) is 5.10 Å². The highest BCUT2D eigenvalue weighted by Gasteiger charge is 2.16. The number of nitrogens with one attached hydrogen (secondary N) is 1. The average Bonchev–Trinajstić information content (AvgIpc) is 2.70. The van der Waals surface area contributed by atoms with Crippen molar-refractivity contribution in [1.29, 1.82) is 0 Å². The fourth-order valence-electron chi connectivity index (χ4n) is 2.35. The summed E-state index contributed by atoms with van der Waals surface area (Å²) in [5.41, 5.74) is 4.97. The normalized spacial score (nSPS) is 12.7. The predicted molar refractivity (Wildman–Crippen MR) is 74.7 cm³/mol. The summed E-state index contributed by atoms with van der Waals surface area (Å²) in [4.78, 5) is 0. The average molecular weight is 243 g/mol. The van der Waals surface area contributed by atoms with E-state index in [-0.39, 0.29) is 6.04 Å². The SMILES string of the molecule is CCc1ccc(C(NC)c2cn(C)nc2C)cc1. The van der Waals surface area contributed by atoms with Crippen LogP contribution in [0.1, 0.15) is 35.3 Å². The highest BCUT2D eigenvalue weighted by atomic mass is 15.3. The molecule has 0 spiro atoms. The molecule has 0 fully saturated rings. The molecule has 3 nitrogen and oxygen atoms in total. The van der Waals surface area contributed by atoms with Crippen molar-refractivity contribution in [3.8, 4) is 0 Å². The summed E-state index contributed by atoms with van der Waals surface area (Å²) in [6.45, 7) is 4.23. The Bertz CT molecular complexity index is 511. The maximum absolute atomic E-state index is 4.42. The lowest BCUT2D eigenvalue weighted by atomic mass is 9.98. The Kier molecular flexibility index (Phi) is 3.82. The first kappa shape index (κ1) is 12.8. The fraction of sp³-hybridized carbons (Fsp3) is 0.400. The summed E-state index contributed by atoms with van der Waals surface area (Å²) >= 11 is 0. The van der Waals surface area contributed by atoms with Crippen molar-refractivity contribution in [2.24, 2.45) is 7.05 Å². The molecule has 0 saturated heterocycles. The summed E-state index contributed by atoms with van der Waals surface area (Å²) in [5, 5.41) is 7.79. The molecule has 0 aliphatic heterocycles. The van der Waals surface area contributed by atoms with Gasteiger partial charge in [-0.15, -0.1) is 0 Å². The maximum atomic E-state index is 4.42. The molecule has 1 atom stereocenters. The third-order valence-electron chi connectivity index (χ3n) is 3.37. The molecule has 0 saturated carbocycles. The van der Waals surface area contributed by atoms with Crippen molar-refractivity contribution in [2.45, 2.75) is 26.3 Å². The van der Waals surface area contributed by atoms with Crippen LogP contribution in [0.15, 0.2) is 30.5 Å². The van der Waals surface area contributed by atoms with Gasteiger partial charge < -0.3 is 5.32 Å². The van der Waals surface area contributed by atoms with Crippen LogP contribution in [0.4, 0.5) is 0 Å². The van der Waals surface area contributed by atoms with Crippen molar-refractivity contribution in [3.05, 3.63) is 52.8 Å². The monoisotopic (exact) mass is 243 g/mol. The van der Waals surface area contributed by atoms with E-state index in [0.717, 1.165) is 12.1 Å². The molecular weight excluding hydrogens is 222 g/mol. The van der Waals surface area contributed by atoms with Crippen LogP contribution in [0.25, 0.3) is 0 Å². The summed E-state index contributed by atoms with van der Waals surface area (Å²) in [7, 11) is 3.95. The largest absolute Gasteiger partial charge is 0.309 e. The van der Waals surface area contributed by atoms with Gasteiger partial charge in [0.1, 0.15) is 0 Å². The predicted octanol–water partition coefficient (Wildman–Crippen LogP) is 2.60. The quantitative estimate of drug-likeness (QED) is 0.894. The Morgan fingerprint density at radius 1 is 1.28 bits per heavy atom. The lowest BCUT2D eigenvalue weighted by molar-refractivity contribution is 0.686. The second kappa shape index (κ2) is 5.36. The number of aromatic nitrogens is 2. The van der Waals surface area contributed by atoms with Crippen LogP contribution in [0, 0.1) is 6.92 Å². The van der Waals surface area contributed by atoms with Gasteiger partial charge in [-0.25, -0.2) is 0 Å². The van der Waals surface area contributed by atoms with Crippen molar-refractivity contribution in [2.75, 3.05) is 7.05 Å². The van der Waals surface area contributed by atoms with Crippen LogP contribution in [0.2, 0.25) is 0 Å². The van der Waals surface area contributed by atoms with Gasteiger partial charge in [-0.05, 0) is 31.5 Å². The van der Waals surface area contributed by atoms with E-state index < -0.39 is 0 Å². The topological polar surface area (TPSA) is 29.9 Å². The summed E-state index contributed by atoms with van der Waals surface area (Å²) in [6.07, 6.45) is 3.17.